The van der Waals surface area contributed by atoms with Crippen LogP contribution >= 0.6 is 12.2 Å². The maximum Gasteiger partial charge on any atom is 0.122 e. The topological polar surface area (TPSA) is 50.9 Å². The lowest BCUT2D eigenvalue weighted by atomic mass is 9.87. The van der Waals surface area contributed by atoms with E-state index in [4.69, 9.17) is 18.0 Å². The van der Waals surface area contributed by atoms with E-state index in [0.29, 0.717) is 22.1 Å². The Morgan fingerprint density at radius 3 is 2.76 bits per heavy atom. The smallest absolute Gasteiger partial charge is 0.122 e. The van der Waals surface area contributed by atoms with Crippen LogP contribution in [0.5, 0.6) is 0 Å². The predicted molar refractivity (Wildman–Crippen MR) is 75.2 cm³/mol. The van der Waals surface area contributed by atoms with Gasteiger partial charge >= 0.3 is 0 Å². The first-order valence-corrected chi connectivity index (χ1v) is 6.42. The monoisotopic (exact) mass is 249 g/mol. The number of rotatable bonds is 3. The van der Waals surface area contributed by atoms with Gasteiger partial charge in [0, 0.05) is 6.04 Å². The van der Waals surface area contributed by atoms with Crippen LogP contribution in [0, 0.1) is 5.41 Å². The second-order valence-corrected chi connectivity index (χ2v) is 5.81. The SMILES string of the molecule is CC1(C)CCCC1Nc1ccc(C(N)=S)nc1. The van der Waals surface area contributed by atoms with Crippen molar-refractivity contribution in [1.82, 2.24) is 4.98 Å². The van der Waals surface area contributed by atoms with Crippen molar-refractivity contribution in [2.24, 2.45) is 11.1 Å². The van der Waals surface area contributed by atoms with E-state index in [0.717, 1.165) is 5.69 Å². The molecule has 1 fully saturated rings. The fourth-order valence-electron chi connectivity index (χ4n) is 2.42. The van der Waals surface area contributed by atoms with Crippen LogP contribution in [0.4, 0.5) is 5.69 Å². The molecule has 1 aromatic rings. The van der Waals surface area contributed by atoms with E-state index >= 15 is 0 Å². The number of hydrogen-bond acceptors (Lipinski definition) is 3. The first-order chi connectivity index (χ1) is 7.99. The number of pyridine rings is 1. The summed E-state index contributed by atoms with van der Waals surface area (Å²) in [6, 6.07) is 4.39. The molecule has 17 heavy (non-hydrogen) atoms. The predicted octanol–water partition coefficient (Wildman–Crippen LogP) is 2.71. The van der Waals surface area contributed by atoms with Gasteiger partial charge in [0.1, 0.15) is 4.99 Å². The van der Waals surface area contributed by atoms with Crippen molar-refractivity contribution in [3.05, 3.63) is 24.0 Å². The van der Waals surface area contributed by atoms with Crippen molar-refractivity contribution < 1.29 is 0 Å². The second kappa shape index (κ2) is 4.61. The summed E-state index contributed by atoms with van der Waals surface area (Å²) in [5.74, 6) is 0. The van der Waals surface area contributed by atoms with E-state index in [1.807, 2.05) is 18.3 Å². The fraction of sp³-hybridized carbons (Fsp3) is 0.538. The third kappa shape index (κ3) is 2.75. The highest BCUT2D eigenvalue weighted by Gasteiger charge is 2.34. The number of nitrogens with two attached hydrogens (primary N) is 1. The lowest BCUT2D eigenvalue weighted by Crippen LogP contribution is -2.30. The summed E-state index contributed by atoms with van der Waals surface area (Å²) >= 11 is 4.88. The molecule has 3 nitrogen and oxygen atoms in total. The van der Waals surface area contributed by atoms with Gasteiger partial charge in [0.05, 0.1) is 17.6 Å². The molecule has 1 aliphatic rings. The van der Waals surface area contributed by atoms with E-state index in [1.54, 1.807) is 0 Å². The van der Waals surface area contributed by atoms with Crippen molar-refractivity contribution in [3.8, 4) is 0 Å². The van der Waals surface area contributed by atoms with Gasteiger partial charge < -0.3 is 11.1 Å². The minimum Gasteiger partial charge on any atom is -0.388 e. The first-order valence-electron chi connectivity index (χ1n) is 6.01. The molecule has 0 bridgehead atoms. The molecule has 1 aliphatic carbocycles. The van der Waals surface area contributed by atoms with E-state index in [9.17, 15) is 0 Å². The third-order valence-corrected chi connectivity index (χ3v) is 3.82. The molecule has 92 valence electrons. The summed E-state index contributed by atoms with van der Waals surface area (Å²) in [6.45, 7) is 4.63. The summed E-state index contributed by atoms with van der Waals surface area (Å²) in [5, 5.41) is 3.55. The molecule has 4 heteroatoms. The Hall–Kier alpha value is -1.16. The number of anilines is 1. The van der Waals surface area contributed by atoms with Crippen molar-refractivity contribution >= 4 is 22.9 Å². The van der Waals surface area contributed by atoms with Gasteiger partial charge in [0.25, 0.3) is 0 Å². The average molecular weight is 249 g/mol. The van der Waals surface area contributed by atoms with E-state index < -0.39 is 0 Å². The maximum atomic E-state index is 5.52. The van der Waals surface area contributed by atoms with Crippen LogP contribution in [0.15, 0.2) is 18.3 Å². The zero-order valence-electron chi connectivity index (χ0n) is 10.4. The number of thiocarbonyl (C=S) groups is 1. The molecule has 1 unspecified atom stereocenters. The Labute approximate surface area is 108 Å². The number of aromatic nitrogens is 1. The second-order valence-electron chi connectivity index (χ2n) is 5.37. The maximum absolute atomic E-state index is 5.52. The van der Waals surface area contributed by atoms with Gasteiger partial charge in [0.2, 0.25) is 0 Å². The Balaban J connectivity index is 2.06. The largest absolute Gasteiger partial charge is 0.388 e. The molecular weight excluding hydrogens is 230 g/mol. The molecule has 0 aliphatic heterocycles. The standard InChI is InChI=1S/C13H19N3S/c1-13(2)7-3-4-11(13)16-9-5-6-10(12(14)17)15-8-9/h5-6,8,11,16H,3-4,7H2,1-2H3,(H2,14,17). The molecule has 3 N–H and O–H groups in total. The summed E-state index contributed by atoms with van der Waals surface area (Å²) in [4.78, 5) is 4.58. The lowest BCUT2D eigenvalue weighted by molar-refractivity contribution is 0.350. The molecule has 0 aromatic carbocycles. The number of nitrogens with zero attached hydrogens (tertiary/aromatic N) is 1. The Kier molecular flexibility index (Phi) is 3.33. The highest BCUT2D eigenvalue weighted by Crippen LogP contribution is 2.38. The van der Waals surface area contributed by atoms with Crippen molar-refractivity contribution in [1.29, 1.82) is 0 Å². The first kappa shape index (κ1) is 12.3. The molecule has 1 saturated carbocycles. The van der Waals surface area contributed by atoms with Crippen LogP contribution in [0.25, 0.3) is 0 Å². The van der Waals surface area contributed by atoms with Crippen LogP contribution in [0.2, 0.25) is 0 Å². The summed E-state index contributed by atoms with van der Waals surface area (Å²) < 4.78 is 0. The average Bonchev–Trinajstić information content (AvgIpc) is 2.59. The zero-order valence-corrected chi connectivity index (χ0v) is 11.2. The molecule has 0 radical (unpaired) electrons. The molecule has 0 saturated heterocycles. The van der Waals surface area contributed by atoms with E-state index in [-0.39, 0.29) is 0 Å². The van der Waals surface area contributed by atoms with Gasteiger partial charge in [-0.15, -0.1) is 0 Å². The number of hydrogen-bond donors (Lipinski definition) is 2. The van der Waals surface area contributed by atoms with Crippen molar-refractivity contribution in [2.75, 3.05) is 5.32 Å². The minimum atomic E-state index is 0.345. The normalized spacial score (nSPS) is 22.4. The highest BCUT2D eigenvalue weighted by atomic mass is 32.1. The van der Waals surface area contributed by atoms with Gasteiger partial charge in [-0.2, -0.15) is 0 Å². The molecule has 0 spiro atoms. The Morgan fingerprint density at radius 1 is 1.53 bits per heavy atom. The summed E-state index contributed by atoms with van der Waals surface area (Å²) in [7, 11) is 0. The molecule has 1 aromatic heterocycles. The van der Waals surface area contributed by atoms with Gasteiger partial charge in [-0.25, -0.2) is 0 Å². The molecule has 1 heterocycles. The van der Waals surface area contributed by atoms with Crippen molar-refractivity contribution in [3.63, 3.8) is 0 Å². The minimum absolute atomic E-state index is 0.345. The van der Waals surface area contributed by atoms with E-state index in [1.165, 1.54) is 19.3 Å². The quantitative estimate of drug-likeness (QED) is 0.809. The number of nitrogens with one attached hydrogen (secondary N) is 1. The summed E-state index contributed by atoms with van der Waals surface area (Å²) in [5.41, 5.74) is 7.61. The van der Waals surface area contributed by atoms with E-state index in [2.05, 4.69) is 24.1 Å². The molecule has 1 atom stereocenters. The highest BCUT2D eigenvalue weighted by molar-refractivity contribution is 7.80. The molecule has 2 rings (SSSR count). The lowest BCUT2D eigenvalue weighted by Gasteiger charge is -2.28. The summed E-state index contributed by atoms with van der Waals surface area (Å²) in [6.07, 6.45) is 5.61. The zero-order chi connectivity index (χ0) is 12.5. The van der Waals surface area contributed by atoms with Gasteiger partial charge in [-0.05, 0) is 30.4 Å². The third-order valence-electron chi connectivity index (χ3n) is 3.61. The van der Waals surface area contributed by atoms with Crippen LogP contribution in [0.1, 0.15) is 38.8 Å². The fourth-order valence-corrected chi connectivity index (χ4v) is 2.54. The van der Waals surface area contributed by atoms with Crippen LogP contribution < -0.4 is 11.1 Å². The van der Waals surface area contributed by atoms with Crippen LogP contribution in [-0.2, 0) is 0 Å². The molecular formula is C13H19N3S. The van der Waals surface area contributed by atoms with Crippen LogP contribution in [0.3, 0.4) is 0 Å². The van der Waals surface area contributed by atoms with Gasteiger partial charge in [0.15, 0.2) is 0 Å². The Morgan fingerprint density at radius 2 is 2.29 bits per heavy atom. The Bertz CT molecular complexity index is 411. The van der Waals surface area contributed by atoms with Gasteiger partial charge in [-0.3, -0.25) is 4.98 Å². The van der Waals surface area contributed by atoms with Gasteiger partial charge in [-0.1, -0.05) is 32.5 Å². The van der Waals surface area contributed by atoms with Crippen molar-refractivity contribution in [2.45, 2.75) is 39.2 Å². The molecule has 0 amide bonds. The van der Waals surface area contributed by atoms with Crippen LogP contribution in [-0.4, -0.2) is 16.0 Å².